The fraction of sp³-hybridized carbons (Fsp3) is 0.250. The Labute approximate surface area is 133 Å². The van der Waals surface area contributed by atoms with E-state index < -0.39 is 18.1 Å². The van der Waals surface area contributed by atoms with Crippen molar-refractivity contribution in [3.05, 3.63) is 59.7 Å². The summed E-state index contributed by atoms with van der Waals surface area (Å²) in [4.78, 5) is 31.1. The van der Waals surface area contributed by atoms with Crippen molar-refractivity contribution in [1.82, 2.24) is 15.3 Å². The zero-order valence-corrected chi connectivity index (χ0v) is 12.6. The smallest absolute Gasteiger partial charge is 0.408 e. The second kappa shape index (κ2) is 7.88. The molecule has 0 radical (unpaired) electrons. The van der Waals surface area contributed by atoms with E-state index in [2.05, 4.69) is 15.3 Å². The van der Waals surface area contributed by atoms with Crippen molar-refractivity contribution in [3.63, 3.8) is 0 Å². The van der Waals surface area contributed by atoms with Gasteiger partial charge in [0.15, 0.2) is 0 Å². The highest BCUT2D eigenvalue weighted by Crippen LogP contribution is 2.03. The van der Waals surface area contributed by atoms with Gasteiger partial charge in [0.05, 0.1) is 0 Å². The third kappa shape index (κ3) is 5.39. The number of aliphatic carboxylic acids is 1. The highest BCUT2D eigenvalue weighted by Gasteiger charge is 2.22. The van der Waals surface area contributed by atoms with Crippen molar-refractivity contribution in [2.75, 3.05) is 0 Å². The molecule has 2 aromatic rings. The number of ether oxygens (including phenoxy) is 1. The van der Waals surface area contributed by atoms with Gasteiger partial charge in [-0.05, 0) is 18.6 Å². The normalized spacial score (nSPS) is 11.5. The van der Waals surface area contributed by atoms with Gasteiger partial charge in [0, 0.05) is 18.3 Å². The molecule has 0 spiro atoms. The van der Waals surface area contributed by atoms with Crippen LogP contribution in [0.1, 0.15) is 17.1 Å². The molecule has 0 saturated heterocycles. The topological polar surface area (TPSA) is 101 Å². The molecule has 2 N–H and O–H groups in total. The summed E-state index contributed by atoms with van der Waals surface area (Å²) in [6, 6.07) is 9.63. The lowest BCUT2D eigenvalue weighted by Gasteiger charge is -2.14. The molecular formula is C16H17N3O4. The Bertz CT molecular complexity index is 676. The molecule has 0 saturated carbocycles. The molecule has 120 valence electrons. The standard InChI is InChI=1S/C16H17N3O4/c1-11-17-8-7-13(18-11)9-14(15(20)21)19-16(22)23-10-12-5-3-2-4-6-12/h2-8,14H,9-10H2,1H3,(H,19,22)(H,20,21). The van der Waals surface area contributed by atoms with E-state index in [1.165, 1.54) is 0 Å². The van der Waals surface area contributed by atoms with Crippen LogP contribution in [0.3, 0.4) is 0 Å². The first-order valence-electron chi connectivity index (χ1n) is 7.03. The number of hydrogen-bond donors (Lipinski definition) is 2. The van der Waals surface area contributed by atoms with Gasteiger partial charge in [0.2, 0.25) is 0 Å². The summed E-state index contributed by atoms with van der Waals surface area (Å²) in [5.74, 6) is -0.615. The summed E-state index contributed by atoms with van der Waals surface area (Å²) < 4.78 is 5.02. The molecule has 1 unspecified atom stereocenters. The molecule has 0 fully saturated rings. The van der Waals surface area contributed by atoms with Gasteiger partial charge in [0.25, 0.3) is 0 Å². The Kier molecular flexibility index (Phi) is 5.62. The third-order valence-corrected chi connectivity index (χ3v) is 3.05. The lowest BCUT2D eigenvalue weighted by atomic mass is 10.1. The Morgan fingerprint density at radius 3 is 2.65 bits per heavy atom. The van der Waals surface area contributed by atoms with Crippen LogP contribution in [-0.2, 0) is 22.6 Å². The van der Waals surface area contributed by atoms with Gasteiger partial charge in [-0.3, -0.25) is 0 Å². The van der Waals surface area contributed by atoms with Crippen molar-refractivity contribution in [2.24, 2.45) is 0 Å². The molecule has 2 rings (SSSR count). The first kappa shape index (κ1) is 16.4. The third-order valence-electron chi connectivity index (χ3n) is 3.05. The molecule has 1 amide bonds. The number of carbonyl (C=O) groups is 2. The summed E-state index contributed by atoms with van der Waals surface area (Å²) in [5, 5.41) is 11.6. The number of nitrogens with zero attached hydrogens (tertiary/aromatic N) is 2. The average Bonchev–Trinajstić information content (AvgIpc) is 2.53. The van der Waals surface area contributed by atoms with E-state index in [-0.39, 0.29) is 13.0 Å². The average molecular weight is 315 g/mol. The maximum absolute atomic E-state index is 11.8. The number of alkyl carbamates (subject to hydrolysis) is 1. The Balaban J connectivity index is 1.91. The van der Waals surface area contributed by atoms with E-state index in [1.807, 2.05) is 30.3 Å². The van der Waals surface area contributed by atoms with Gasteiger partial charge in [0.1, 0.15) is 18.5 Å². The zero-order chi connectivity index (χ0) is 16.7. The summed E-state index contributed by atoms with van der Waals surface area (Å²) in [6.45, 7) is 1.78. The molecule has 1 atom stereocenters. The van der Waals surface area contributed by atoms with Crippen molar-refractivity contribution < 1.29 is 19.4 Å². The van der Waals surface area contributed by atoms with Crippen LogP contribution < -0.4 is 5.32 Å². The van der Waals surface area contributed by atoms with E-state index >= 15 is 0 Å². The highest BCUT2D eigenvalue weighted by atomic mass is 16.5. The van der Waals surface area contributed by atoms with Crippen LogP contribution in [0, 0.1) is 6.92 Å². The highest BCUT2D eigenvalue weighted by molar-refractivity contribution is 5.80. The molecule has 23 heavy (non-hydrogen) atoms. The van der Waals surface area contributed by atoms with E-state index in [9.17, 15) is 14.7 Å². The number of aryl methyl sites for hydroxylation is 1. The SMILES string of the molecule is Cc1nccc(CC(NC(=O)OCc2ccccc2)C(=O)O)n1. The summed E-state index contributed by atoms with van der Waals surface area (Å²) in [7, 11) is 0. The van der Waals surface area contributed by atoms with E-state index in [1.54, 1.807) is 19.2 Å². The van der Waals surface area contributed by atoms with Gasteiger partial charge >= 0.3 is 12.1 Å². The lowest BCUT2D eigenvalue weighted by Crippen LogP contribution is -2.42. The maximum Gasteiger partial charge on any atom is 0.408 e. The van der Waals surface area contributed by atoms with Crippen LogP contribution in [0.15, 0.2) is 42.6 Å². The summed E-state index contributed by atoms with van der Waals surface area (Å²) in [5.41, 5.74) is 1.36. The Morgan fingerprint density at radius 2 is 2.00 bits per heavy atom. The maximum atomic E-state index is 11.8. The van der Waals surface area contributed by atoms with Crippen molar-refractivity contribution in [3.8, 4) is 0 Å². The van der Waals surface area contributed by atoms with Crippen LogP contribution >= 0.6 is 0 Å². The second-order valence-electron chi connectivity index (χ2n) is 4.90. The predicted molar refractivity (Wildman–Crippen MR) is 81.7 cm³/mol. The number of aromatic nitrogens is 2. The molecule has 7 nitrogen and oxygen atoms in total. The predicted octanol–water partition coefficient (Wildman–Crippen LogP) is 1.71. The Hall–Kier alpha value is -2.96. The van der Waals surface area contributed by atoms with Gasteiger partial charge < -0.3 is 15.2 Å². The number of hydrogen-bond acceptors (Lipinski definition) is 5. The zero-order valence-electron chi connectivity index (χ0n) is 12.6. The Morgan fingerprint density at radius 1 is 1.26 bits per heavy atom. The van der Waals surface area contributed by atoms with Crippen LogP contribution in [0.25, 0.3) is 0 Å². The molecule has 1 heterocycles. The molecule has 7 heteroatoms. The van der Waals surface area contributed by atoms with Gasteiger partial charge in [-0.15, -0.1) is 0 Å². The van der Waals surface area contributed by atoms with E-state index in [4.69, 9.17) is 4.74 Å². The molecule has 1 aromatic carbocycles. The number of benzene rings is 1. The lowest BCUT2D eigenvalue weighted by molar-refractivity contribution is -0.139. The molecule has 0 aliphatic rings. The minimum atomic E-state index is -1.15. The number of amides is 1. The van der Waals surface area contributed by atoms with Crippen LogP contribution in [0.4, 0.5) is 4.79 Å². The molecule has 0 aliphatic carbocycles. The van der Waals surface area contributed by atoms with Gasteiger partial charge in [-0.2, -0.15) is 0 Å². The minimum absolute atomic E-state index is 0.0547. The largest absolute Gasteiger partial charge is 0.480 e. The number of carbonyl (C=O) groups excluding carboxylic acids is 1. The number of nitrogens with one attached hydrogen (secondary N) is 1. The quantitative estimate of drug-likeness (QED) is 0.841. The van der Waals surface area contributed by atoms with Gasteiger partial charge in [-0.1, -0.05) is 30.3 Å². The fourth-order valence-corrected chi connectivity index (χ4v) is 1.94. The van der Waals surface area contributed by atoms with Crippen molar-refractivity contribution >= 4 is 12.1 Å². The molecule has 0 bridgehead atoms. The number of rotatable bonds is 6. The van der Waals surface area contributed by atoms with Crippen LogP contribution in [0.5, 0.6) is 0 Å². The minimum Gasteiger partial charge on any atom is -0.480 e. The fourth-order valence-electron chi connectivity index (χ4n) is 1.94. The van der Waals surface area contributed by atoms with Crippen LogP contribution in [0.2, 0.25) is 0 Å². The van der Waals surface area contributed by atoms with E-state index in [0.29, 0.717) is 11.5 Å². The first-order chi connectivity index (χ1) is 11.0. The first-order valence-corrected chi connectivity index (χ1v) is 7.03. The second-order valence-corrected chi connectivity index (χ2v) is 4.90. The molecule has 0 aliphatic heterocycles. The van der Waals surface area contributed by atoms with Crippen LogP contribution in [-0.4, -0.2) is 33.2 Å². The summed E-state index contributed by atoms with van der Waals surface area (Å²) >= 11 is 0. The monoisotopic (exact) mass is 315 g/mol. The molecule has 1 aromatic heterocycles. The van der Waals surface area contributed by atoms with Crippen molar-refractivity contribution in [1.29, 1.82) is 0 Å². The molecular weight excluding hydrogens is 298 g/mol. The number of carboxylic acid groups (broad SMARTS) is 1. The summed E-state index contributed by atoms with van der Waals surface area (Å²) in [6.07, 6.45) is 0.815. The number of carboxylic acids is 1. The van der Waals surface area contributed by atoms with Gasteiger partial charge in [-0.25, -0.2) is 19.6 Å². The van der Waals surface area contributed by atoms with E-state index in [0.717, 1.165) is 5.56 Å². The van der Waals surface area contributed by atoms with Crippen molar-refractivity contribution in [2.45, 2.75) is 26.0 Å².